The maximum atomic E-state index is 12.2. The van der Waals surface area contributed by atoms with Crippen molar-refractivity contribution in [1.29, 1.82) is 0 Å². The van der Waals surface area contributed by atoms with Crippen LogP contribution in [0.15, 0.2) is 29.2 Å². The molecule has 98 valence electrons. The van der Waals surface area contributed by atoms with Crippen LogP contribution in [-0.2, 0) is 10.0 Å². The zero-order valence-corrected chi connectivity index (χ0v) is 11.4. The van der Waals surface area contributed by atoms with Gasteiger partial charge >= 0.3 is 0 Å². The van der Waals surface area contributed by atoms with Gasteiger partial charge in [-0.05, 0) is 25.5 Å². The van der Waals surface area contributed by atoms with Crippen LogP contribution in [0.3, 0.4) is 0 Å². The van der Waals surface area contributed by atoms with Crippen molar-refractivity contribution < 1.29 is 8.42 Å². The van der Waals surface area contributed by atoms with E-state index in [2.05, 4.69) is 16.6 Å². The quantitative estimate of drug-likeness (QED) is 0.801. The molecule has 0 aromatic heterocycles. The molecule has 0 heterocycles. The van der Waals surface area contributed by atoms with Crippen LogP contribution in [0.2, 0.25) is 0 Å². The van der Waals surface area contributed by atoms with Crippen molar-refractivity contribution in [1.82, 2.24) is 4.72 Å². The lowest BCUT2D eigenvalue weighted by Gasteiger charge is -2.13. The highest BCUT2D eigenvalue weighted by molar-refractivity contribution is 7.89. The Balaban J connectivity index is 3.16. The zero-order chi connectivity index (χ0) is 13.6. The second kappa shape index (κ2) is 6.55. The predicted octanol–water partition coefficient (Wildman–Crippen LogP) is 1.07. The number of hydrogen-bond donors (Lipinski definition) is 2. The van der Waals surface area contributed by atoms with E-state index in [0.29, 0.717) is 5.56 Å². The minimum atomic E-state index is -3.53. The summed E-state index contributed by atoms with van der Waals surface area (Å²) >= 11 is 0. The van der Waals surface area contributed by atoms with E-state index in [9.17, 15) is 8.42 Å². The molecule has 0 radical (unpaired) electrons. The lowest BCUT2D eigenvalue weighted by atomic mass is 10.2. The maximum absolute atomic E-state index is 12.2. The number of rotatable bonds is 4. The summed E-state index contributed by atoms with van der Waals surface area (Å²) in [5, 5.41) is 0. The average Bonchev–Trinajstić information content (AvgIpc) is 2.36. The minimum absolute atomic E-state index is 0.106. The molecule has 5 heteroatoms. The molecule has 0 amide bonds. The number of sulfonamides is 1. The summed E-state index contributed by atoms with van der Waals surface area (Å²) in [4.78, 5) is 0.200. The van der Waals surface area contributed by atoms with Gasteiger partial charge in [0.05, 0.1) is 11.4 Å². The van der Waals surface area contributed by atoms with Gasteiger partial charge in [-0.1, -0.05) is 30.9 Å². The molecule has 1 unspecified atom stereocenters. The molecule has 1 aromatic carbocycles. The first-order valence-corrected chi connectivity index (χ1v) is 7.30. The van der Waals surface area contributed by atoms with E-state index in [1.54, 1.807) is 24.3 Å². The lowest BCUT2D eigenvalue weighted by molar-refractivity contribution is 0.555. The molecule has 1 rings (SSSR count). The summed E-state index contributed by atoms with van der Waals surface area (Å²) < 4.78 is 27.0. The van der Waals surface area contributed by atoms with Crippen LogP contribution in [0.5, 0.6) is 0 Å². The number of nitrogens with one attached hydrogen (secondary N) is 1. The molecule has 0 aliphatic carbocycles. The average molecular weight is 266 g/mol. The van der Waals surface area contributed by atoms with E-state index >= 15 is 0 Å². The summed E-state index contributed by atoms with van der Waals surface area (Å²) in [5.74, 6) is 5.45. The lowest BCUT2D eigenvalue weighted by Crippen LogP contribution is -2.32. The van der Waals surface area contributed by atoms with Gasteiger partial charge < -0.3 is 5.73 Å². The van der Waals surface area contributed by atoms with Crippen LogP contribution in [0.1, 0.15) is 25.8 Å². The fourth-order valence-electron chi connectivity index (χ4n) is 1.36. The first kappa shape index (κ1) is 14.7. The Morgan fingerprint density at radius 2 is 2.06 bits per heavy atom. The molecule has 0 aliphatic rings. The third kappa shape index (κ3) is 3.84. The summed E-state index contributed by atoms with van der Waals surface area (Å²) in [6.45, 7) is 3.95. The van der Waals surface area contributed by atoms with Crippen molar-refractivity contribution in [3.8, 4) is 11.8 Å². The molecule has 4 nitrogen and oxygen atoms in total. The van der Waals surface area contributed by atoms with Gasteiger partial charge in [0.2, 0.25) is 10.0 Å². The van der Waals surface area contributed by atoms with Crippen LogP contribution in [-0.4, -0.2) is 21.0 Å². The van der Waals surface area contributed by atoms with E-state index in [4.69, 9.17) is 5.73 Å². The van der Waals surface area contributed by atoms with Gasteiger partial charge in [0.15, 0.2) is 0 Å². The van der Waals surface area contributed by atoms with E-state index < -0.39 is 10.0 Å². The third-order valence-electron chi connectivity index (χ3n) is 2.47. The van der Waals surface area contributed by atoms with Crippen molar-refractivity contribution in [3.63, 3.8) is 0 Å². The number of hydrogen-bond acceptors (Lipinski definition) is 3. The molecule has 0 saturated heterocycles. The van der Waals surface area contributed by atoms with E-state index in [-0.39, 0.29) is 17.5 Å². The third-order valence-corrected chi connectivity index (χ3v) is 4.12. The van der Waals surface area contributed by atoms with Gasteiger partial charge in [0, 0.05) is 11.6 Å². The van der Waals surface area contributed by atoms with E-state index in [1.165, 1.54) is 0 Å². The fourth-order valence-corrected chi connectivity index (χ4v) is 2.85. The van der Waals surface area contributed by atoms with Crippen LogP contribution in [0.25, 0.3) is 0 Å². The Hall–Kier alpha value is -1.35. The predicted molar refractivity (Wildman–Crippen MR) is 72.4 cm³/mol. The first-order chi connectivity index (χ1) is 8.51. The molecule has 1 atom stereocenters. The Morgan fingerprint density at radius 1 is 1.39 bits per heavy atom. The van der Waals surface area contributed by atoms with Gasteiger partial charge in [0.25, 0.3) is 0 Å². The summed E-state index contributed by atoms with van der Waals surface area (Å²) in [6.07, 6.45) is 0.732. The van der Waals surface area contributed by atoms with Crippen molar-refractivity contribution in [2.24, 2.45) is 5.73 Å². The molecule has 0 saturated carbocycles. The van der Waals surface area contributed by atoms with Crippen molar-refractivity contribution in [2.75, 3.05) is 6.54 Å². The van der Waals surface area contributed by atoms with Crippen molar-refractivity contribution in [2.45, 2.75) is 31.2 Å². The summed E-state index contributed by atoms with van der Waals surface area (Å²) in [5.41, 5.74) is 5.77. The number of nitrogens with two attached hydrogens (primary N) is 1. The molecule has 18 heavy (non-hydrogen) atoms. The van der Waals surface area contributed by atoms with E-state index in [0.717, 1.165) is 6.42 Å². The van der Waals surface area contributed by atoms with Gasteiger partial charge in [-0.2, -0.15) is 0 Å². The largest absolute Gasteiger partial charge is 0.320 e. The molecule has 0 fully saturated rings. The normalized spacial score (nSPS) is 12.6. The highest BCUT2D eigenvalue weighted by Crippen LogP contribution is 2.15. The SMILES string of the molecule is CCC(C)NS(=O)(=O)c1ccccc1C#CCN. The second-order valence-corrected chi connectivity index (χ2v) is 5.62. The van der Waals surface area contributed by atoms with Crippen LogP contribution in [0.4, 0.5) is 0 Å². The van der Waals surface area contributed by atoms with Gasteiger partial charge in [0.1, 0.15) is 0 Å². The van der Waals surface area contributed by atoms with E-state index in [1.807, 2.05) is 13.8 Å². The van der Waals surface area contributed by atoms with Gasteiger partial charge in [-0.25, -0.2) is 13.1 Å². The summed E-state index contributed by atoms with van der Waals surface area (Å²) in [7, 11) is -3.53. The number of benzene rings is 1. The Labute approximate surface area is 109 Å². The molecule has 0 spiro atoms. The van der Waals surface area contributed by atoms with Crippen molar-refractivity contribution in [3.05, 3.63) is 29.8 Å². The smallest absolute Gasteiger partial charge is 0.242 e. The monoisotopic (exact) mass is 266 g/mol. The highest BCUT2D eigenvalue weighted by Gasteiger charge is 2.18. The molecule has 0 aliphatic heterocycles. The molecular weight excluding hydrogens is 248 g/mol. The Morgan fingerprint density at radius 3 is 2.67 bits per heavy atom. The van der Waals surface area contributed by atoms with Gasteiger partial charge in [-0.3, -0.25) is 0 Å². The highest BCUT2D eigenvalue weighted by atomic mass is 32.2. The second-order valence-electron chi connectivity index (χ2n) is 3.93. The minimum Gasteiger partial charge on any atom is -0.320 e. The topological polar surface area (TPSA) is 72.2 Å². The van der Waals surface area contributed by atoms with Crippen LogP contribution < -0.4 is 10.5 Å². The molecular formula is C13H18N2O2S. The standard InChI is InChI=1S/C13H18N2O2S/c1-3-11(2)15-18(16,17)13-9-5-4-7-12(13)8-6-10-14/h4-5,7,9,11,15H,3,10,14H2,1-2H3. The first-order valence-electron chi connectivity index (χ1n) is 5.81. The van der Waals surface area contributed by atoms with Gasteiger partial charge in [-0.15, -0.1) is 0 Å². The summed E-state index contributed by atoms with van der Waals surface area (Å²) in [6, 6.07) is 6.55. The zero-order valence-electron chi connectivity index (χ0n) is 10.6. The molecule has 1 aromatic rings. The Bertz CT molecular complexity index is 556. The maximum Gasteiger partial charge on any atom is 0.242 e. The molecule has 3 N–H and O–H groups in total. The van der Waals surface area contributed by atoms with Crippen molar-refractivity contribution >= 4 is 10.0 Å². The molecule has 0 bridgehead atoms. The van der Waals surface area contributed by atoms with Crippen LogP contribution in [0, 0.1) is 11.8 Å². The van der Waals surface area contributed by atoms with Crippen LogP contribution >= 0.6 is 0 Å². The fraction of sp³-hybridized carbons (Fsp3) is 0.385. The Kier molecular flexibility index (Phi) is 5.35.